The molecule has 0 aliphatic carbocycles. The summed E-state index contributed by atoms with van der Waals surface area (Å²) >= 11 is 0. The maximum Gasteiger partial charge on any atom is 0.252 e. The highest BCUT2D eigenvalue weighted by atomic mass is 28.3. The van der Waals surface area contributed by atoms with Gasteiger partial charge in [-0.05, 0) is 77.6 Å². The van der Waals surface area contributed by atoms with Crippen molar-refractivity contribution in [1.29, 1.82) is 0 Å². The van der Waals surface area contributed by atoms with Gasteiger partial charge in [0.1, 0.15) is 8.07 Å². The quantitative estimate of drug-likeness (QED) is 0.107. The number of hydrogen-bond donors (Lipinski definition) is 0. The van der Waals surface area contributed by atoms with E-state index in [1.807, 2.05) is 4.52 Å². The molecule has 4 nitrogen and oxygen atoms in total. The zero-order valence-corrected chi connectivity index (χ0v) is 36.7. The van der Waals surface area contributed by atoms with Crippen molar-refractivity contribution in [2.75, 3.05) is 0 Å². The van der Waals surface area contributed by atoms with Crippen LogP contribution in [0.15, 0.2) is 231 Å². The van der Waals surface area contributed by atoms with Gasteiger partial charge in [-0.3, -0.25) is 0 Å². The minimum atomic E-state index is -2.28. The third kappa shape index (κ3) is 7.02. The lowest BCUT2D eigenvalue weighted by atomic mass is 9.85. The number of hydrogen-bond acceptors (Lipinski definition) is 3. The summed E-state index contributed by atoms with van der Waals surface area (Å²) in [7, 11) is -2.28. The first-order valence-corrected chi connectivity index (χ1v) is 24.9. The number of fused-ring (bicyclic) bond motifs is 4. The smallest absolute Gasteiger partial charge is 0.220 e. The number of nitrogens with zero attached hydrogens (tertiary/aromatic N) is 4. The Bertz CT molecular complexity index is 3260. The molecule has 0 fully saturated rings. The molecule has 1 aliphatic rings. The van der Waals surface area contributed by atoms with Crippen LogP contribution in [0.5, 0.6) is 0 Å². The van der Waals surface area contributed by atoms with Gasteiger partial charge in [0.15, 0.2) is 5.82 Å². The lowest BCUT2D eigenvalue weighted by Gasteiger charge is -2.21. The fourth-order valence-corrected chi connectivity index (χ4v) is 12.3. The third-order valence-corrected chi connectivity index (χ3v) is 15.8. The summed E-state index contributed by atoms with van der Waals surface area (Å²) < 4.78 is 1.87. The highest BCUT2D eigenvalue weighted by Crippen LogP contribution is 2.40. The van der Waals surface area contributed by atoms with E-state index in [9.17, 15) is 0 Å². The molecule has 2 aromatic heterocycles. The van der Waals surface area contributed by atoms with Crippen LogP contribution in [0.1, 0.15) is 44.5 Å². The molecular formula is C59H44N4Si. The molecule has 1 aliphatic heterocycles. The van der Waals surface area contributed by atoms with Crippen LogP contribution in [0, 0.1) is 0 Å². The van der Waals surface area contributed by atoms with Crippen molar-refractivity contribution in [3.8, 4) is 22.5 Å². The lowest BCUT2D eigenvalue weighted by molar-refractivity contribution is 0.950. The maximum atomic E-state index is 5.34. The Morgan fingerprint density at radius 2 is 0.734 bits per heavy atom. The van der Waals surface area contributed by atoms with Crippen LogP contribution in [0.25, 0.3) is 50.6 Å². The molecule has 0 spiro atoms. The molecular weight excluding hydrogens is 793 g/mol. The standard InChI is InChI=1S/C59H44N4Si/c1-64(2)52-39-49(56(46-31-19-8-20-32-46)54(43-25-13-5-14-26-43)44-27-15-6-16-28-44)37-38-50(52)51-40-63-59(61-58(51)64)60-57(62-63)48-35-33-47(34-36-48)55(45-29-17-7-18-30-45)53(41-21-9-3-10-22-41)42-23-11-4-12-24-42/h3-40H,1-2H3. The molecule has 304 valence electrons. The first-order valence-electron chi connectivity index (χ1n) is 21.9. The first-order chi connectivity index (χ1) is 31.5. The molecule has 0 radical (unpaired) electrons. The molecule has 0 atom stereocenters. The second-order valence-corrected chi connectivity index (χ2v) is 21.1. The Morgan fingerprint density at radius 3 is 1.14 bits per heavy atom. The average Bonchev–Trinajstić information content (AvgIpc) is 3.88. The van der Waals surface area contributed by atoms with E-state index in [-0.39, 0.29) is 0 Å². The Morgan fingerprint density at radius 1 is 0.375 bits per heavy atom. The molecule has 3 heterocycles. The molecule has 0 saturated carbocycles. The van der Waals surface area contributed by atoms with Crippen molar-refractivity contribution in [3.05, 3.63) is 275 Å². The molecule has 5 heteroatoms. The SMILES string of the molecule is C[Si]1(C)c2cc(C(=C(c3ccccc3)c3ccccc3)c3ccccc3)ccc2-c2cn3nc(-c4ccc(C(=C(c5ccccc5)c5ccccc5)c5ccccc5)cc4)nc3nc21. The minimum absolute atomic E-state index is 0.618. The number of rotatable bonds is 9. The van der Waals surface area contributed by atoms with Gasteiger partial charge in [0.25, 0.3) is 5.78 Å². The van der Waals surface area contributed by atoms with Crippen LogP contribution in [-0.4, -0.2) is 27.7 Å². The molecule has 0 N–H and O–H groups in total. The molecule has 64 heavy (non-hydrogen) atoms. The van der Waals surface area contributed by atoms with Gasteiger partial charge >= 0.3 is 0 Å². The van der Waals surface area contributed by atoms with Crippen molar-refractivity contribution in [3.63, 3.8) is 0 Å². The minimum Gasteiger partial charge on any atom is -0.220 e. The predicted octanol–water partition coefficient (Wildman–Crippen LogP) is 12.6. The second kappa shape index (κ2) is 16.4. The molecule has 0 saturated heterocycles. The fourth-order valence-electron chi connectivity index (χ4n) is 9.43. The molecule has 0 unspecified atom stereocenters. The van der Waals surface area contributed by atoms with Crippen molar-refractivity contribution < 1.29 is 0 Å². The van der Waals surface area contributed by atoms with Crippen molar-refractivity contribution in [2.45, 2.75) is 13.1 Å². The van der Waals surface area contributed by atoms with E-state index >= 15 is 0 Å². The molecule has 8 aromatic carbocycles. The first kappa shape index (κ1) is 38.9. The largest absolute Gasteiger partial charge is 0.252 e. The molecule has 11 rings (SSSR count). The monoisotopic (exact) mass is 836 g/mol. The van der Waals surface area contributed by atoms with Gasteiger partial charge in [-0.2, -0.15) is 4.98 Å². The van der Waals surface area contributed by atoms with Gasteiger partial charge < -0.3 is 0 Å². The van der Waals surface area contributed by atoms with Crippen LogP contribution >= 0.6 is 0 Å². The summed E-state index contributed by atoms with van der Waals surface area (Å²) in [4.78, 5) is 10.4. The highest BCUT2D eigenvalue weighted by Gasteiger charge is 2.40. The zero-order valence-electron chi connectivity index (χ0n) is 35.7. The Kier molecular flexibility index (Phi) is 9.95. The van der Waals surface area contributed by atoms with Crippen molar-refractivity contribution in [1.82, 2.24) is 19.6 Å². The van der Waals surface area contributed by atoms with Crippen LogP contribution in [-0.2, 0) is 0 Å². The summed E-state index contributed by atoms with van der Waals surface area (Å²) in [6.45, 7) is 4.83. The normalized spacial score (nSPS) is 12.3. The second-order valence-electron chi connectivity index (χ2n) is 16.8. The van der Waals surface area contributed by atoms with E-state index in [4.69, 9.17) is 15.1 Å². The Hall–Kier alpha value is -7.99. The molecule has 0 amide bonds. The summed E-state index contributed by atoms with van der Waals surface area (Å²) in [5.41, 5.74) is 17.4. The van der Waals surface area contributed by atoms with Gasteiger partial charge in [-0.25, -0.2) is 9.50 Å². The van der Waals surface area contributed by atoms with Crippen LogP contribution < -0.4 is 10.5 Å². The lowest BCUT2D eigenvalue weighted by Crippen LogP contribution is -2.51. The topological polar surface area (TPSA) is 43.1 Å². The predicted molar refractivity (Wildman–Crippen MR) is 267 cm³/mol. The van der Waals surface area contributed by atoms with Gasteiger partial charge in [-0.15, -0.1) is 5.10 Å². The van der Waals surface area contributed by atoms with E-state index in [0.717, 1.165) is 27.6 Å². The van der Waals surface area contributed by atoms with E-state index in [0.29, 0.717) is 11.6 Å². The van der Waals surface area contributed by atoms with E-state index in [2.05, 4.69) is 244 Å². The van der Waals surface area contributed by atoms with Crippen LogP contribution in [0.2, 0.25) is 13.1 Å². The third-order valence-electron chi connectivity index (χ3n) is 12.5. The van der Waals surface area contributed by atoms with E-state index < -0.39 is 8.07 Å². The summed E-state index contributed by atoms with van der Waals surface area (Å²) in [5, 5.41) is 7.58. The number of aromatic nitrogens is 4. The zero-order chi connectivity index (χ0) is 43.0. The average molecular weight is 837 g/mol. The van der Waals surface area contributed by atoms with Crippen molar-refractivity contribution in [2.24, 2.45) is 0 Å². The highest BCUT2D eigenvalue weighted by molar-refractivity contribution is 7.03. The van der Waals surface area contributed by atoms with Gasteiger partial charge in [0, 0.05) is 22.6 Å². The van der Waals surface area contributed by atoms with Gasteiger partial charge in [-0.1, -0.05) is 238 Å². The van der Waals surface area contributed by atoms with Gasteiger partial charge in [0.2, 0.25) is 0 Å². The summed E-state index contributed by atoms with van der Waals surface area (Å²) in [6.07, 6.45) is 2.15. The maximum absolute atomic E-state index is 5.34. The Balaban J connectivity index is 0.998. The van der Waals surface area contributed by atoms with Gasteiger partial charge in [0.05, 0.1) is 0 Å². The summed E-state index contributed by atoms with van der Waals surface area (Å²) in [5.74, 6) is 1.27. The fraction of sp³-hybridized carbons (Fsp3) is 0.0339. The number of benzene rings is 8. The summed E-state index contributed by atoms with van der Waals surface area (Å²) in [6, 6.07) is 80.1. The van der Waals surface area contributed by atoms with E-state index in [1.165, 1.54) is 66.4 Å². The molecule has 10 aromatic rings. The van der Waals surface area contributed by atoms with Crippen LogP contribution in [0.3, 0.4) is 0 Å². The van der Waals surface area contributed by atoms with Crippen molar-refractivity contribution >= 4 is 46.6 Å². The Labute approximate surface area is 375 Å². The van der Waals surface area contributed by atoms with Crippen LogP contribution in [0.4, 0.5) is 0 Å². The molecule has 0 bridgehead atoms. The van der Waals surface area contributed by atoms with E-state index in [1.54, 1.807) is 0 Å².